The number of aromatic nitrogens is 3. The molecular weight excluding hydrogens is 180 g/mol. The van der Waals surface area contributed by atoms with Crippen molar-refractivity contribution in [2.24, 2.45) is 0 Å². The molecule has 1 saturated heterocycles. The molecule has 0 atom stereocenters. The number of aliphatic hydroxyl groups excluding tert-OH is 1. The van der Waals surface area contributed by atoms with Gasteiger partial charge in [-0.05, 0) is 25.9 Å². The second-order valence-electron chi connectivity index (χ2n) is 3.66. The molecule has 0 bridgehead atoms. The molecule has 1 aliphatic heterocycles. The van der Waals surface area contributed by atoms with Gasteiger partial charge in [-0.3, -0.25) is 0 Å². The van der Waals surface area contributed by atoms with E-state index in [4.69, 9.17) is 5.11 Å². The molecule has 0 radical (unpaired) electrons. The SMILES string of the molecule is OCc1cnnn1CCN1CCCC1. The second-order valence-corrected chi connectivity index (χ2v) is 3.66. The van der Waals surface area contributed by atoms with E-state index in [2.05, 4.69) is 15.2 Å². The zero-order valence-electron chi connectivity index (χ0n) is 8.26. The minimum Gasteiger partial charge on any atom is -0.390 e. The van der Waals surface area contributed by atoms with Gasteiger partial charge in [0.05, 0.1) is 25.0 Å². The quantitative estimate of drug-likeness (QED) is 0.728. The van der Waals surface area contributed by atoms with E-state index in [0.717, 1.165) is 18.8 Å². The first-order chi connectivity index (χ1) is 6.90. The zero-order chi connectivity index (χ0) is 9.80. The molecule has 14 heavy (non-hydrogen) atoms. The molecule has 0 saturated carbocycles. The van der Waals surface area contributed by atoms with Gasteiger partial charge in [0.15, 0.2) is 0 Å². The van der Waals surface area contributed by atoms with Crippen molar-refractivity contribution in [2.45, 2.75) is 26.0 Å². The molecule has 5 heteroatoms. The lowest BCUT2D eigenvalue weighted by molar-refractivity contribution is 0.259. The van der Waals surface area contributed by atoms with Gasteiger partial charge in [-0.15, -0.1) is 5.10 Å². The van der Waals surface area contributed by atoms with E-state index in [1.54, 1.807) is 10.9 Å². The third-order valence-electron chi connectivity index (χ3n) is 2.69. The zero-order valence-corrected chi connectivity index (χ0v) is 8.26. The second kappa shape index (κ2) is 4.52. The highest BCUT2D eigenvalue weighted by Gasteiger charge is 2.11. The fourth-order valence-electron chi connectivity index (χ4n) is 1.83. The summed E-state index contributed by atoms with van der Waals surface area (Å²) in [5.41, 5.74) is 0.796. The first kappa shape index (κ1) is 9.61. The van der Waals surface area contributed by atoms with Crippen LogP contribution < -0.4 is 0 Å². The van der Waals surface area contributed by atoms with E-state index in [-0.39, 0.29) is 6.61 Å². The highest BCUT2D eigenvalue weighted by atomic mass is 16.3. The van der Waals surface area contributed by atoms with Crippen molar-refractivity contribution < 1.29 is 5.11 Å². The first-order valence-electron chi connectivity index (χ1n) is 5.11. The predicted octanol–water partition coefficient (Wildman–Crippen LogP) is -0.134. The van der Waals surface area contributed by atoms with E-state index in [1.807, 2.05) is 0 Å². The molecular formula is C9H16N4O. The fraction of sp³-hybridized carbons (Fsp3) is 0.778. The molecule has 78 valence electrons. The Kier molecular flexibility index (Phi) is 3.10. The Bertz CT molecular complexity index is 280. The van der Waals surface area contributed by atoms with Crippen molar-refractivity contribution in [3.8, 4) is 0 Å². The summed E-state index contributed by atoms with van der Waals surface area (Å²) in [6, 6.07) is 0. The first-order valence-corrected chi connectivity index (χ1v) is 5.11. The minimum atomic E-state index is 0.0208. The molecule has 0 amide bonds. The molecule has 0 aromatic carbocycles. The summed E-state index contributed by atoms with van der Waals surface area (Å²) >= 11 is 0. The maximum atomic E-state index is 8.98. The van der Waals surface area contributed by atoms with E-state index in [9.17, 15) is 0 Å². The number of nitrogens with zero attached hydrogens (tertiary/aromatic N) is 4. The van der Waals surface area contributed by atoms with Crippen molar-refractivity contribution in [3.05, 3.63) is 11.9 Å². The molecule has 0 unspecified atom stereocenters. The highest BCUT2D eigenvalue weighted by Crippen LogP contribution is 2.07. The van der Waals surface area contributed by atoms with Crippen molar-refractivity contribution in [3.63, 3.8) is 0 Å². The van der Waals surface area contributed by atoms with Gasteiger partial charge in [0.1, 0.15) is 0 Å². The van der Waals surface area contributed by atoms with Crippen LogP contribution in [-0.2, 0) is 13.2 Å². The van der Waals surface area contributed by atoms with Crippen LogP contribution in [0.3, 0.4) is 0 Å². The monoisotopic (exact) mass is 196 g/mol. The number of rotatable bonds is 4. The Balaban J connectivity index is 1.84. The Hall–Kier alpha value is -0.940. The lowest BCUT2D eigenvalue weighted by atomic mass is 10.4. The number of hydrogen-bond donors (Lipinski definition) is 1. The fourth-order valence-corrected chi connectivity index (χ4v) is 1.83. The predicted molar refractivity (Wildman–Crippen MR) is 51.6 cm³/mol. The summed E-state index contributed by atoms with van der Waals surface area (Å²) in [5, 5.41) is 16.7. The lowest BCUT2D eigenvalue weighted by Gasteiger charge is -2.14. The Labute approximate surface area is 83.3 Å². The molecule has 1 fully saturated rings. The van der Waals surface area contributed by atoms with Gasteiger partial charge in [-0.1, -0.05) is 5.21 Å². The molecule has 1 aromatic rings. The smallest absolute Gasteiger partial charge is 0.0866 e. The maximum absolute atomic E-state index is 8.98. The Morgan fingerprint density at radius 1 is 1.29 bits per heavy atom. The molecule has 1 aromatic heterocycles. The largest absolute Gasteiger partial charge is 0.390 e. The molecule has 0 spiro atoms. The van der Waals surface area contributed by atoms with E-state index >= 15 is 0 Å². The van der Waals surface area contributed by atoms with Gasteiger partial charge in [-0.2, -0.15) is 0 Å². The van der Waals surface area contributed by atoms with Crippen LogP contribution in [-0.4, -0.2) is 44.6 Å². The van der Waals surface area contributed by atoms with E-state index in [0.29, 0.717) is 0 Å². The van der Waals surface area contributed by atoms with Crippen molar-refractivity contribution in [1.29, 1.82) is 0 Å². The average Bonchev–Trinajstić information content (AvgIpc) is 2.85. The summed E-state index contributed by atoms with van der Waals surface area (Å²) < 4.78 is 1.78. The summed E-state index contributed by atoms with van der Waals surface area (Å²) in [7, 11) is 0. The van der Waals surface area contributed by atoms with E-state index in [1.165, 1.54) is 25.9 Å². The van der Waals surface area contributed by atoms with Crippen LogP contribution in [0.25, 0.3) is 0 Å². The number of likely N-dealkylation sites (tertiary alicyclic amines) is 1. The van der Waals surface area contributed by atoms with Crippen LogP contribution >= 0.6 is 0 Å². The summed E-state index contributed by atoms with van der Waals surface area (Å²) in [6.45, 7) is 4.26. The van der Waals surface area contributed by atoms with Crippen LogP contribution in [0, 0.1) is 0 Å². The maximum Gasteiger partial charge on any atom is 0.0866 e. The topological polar surface area (TPSA) is 54.2 Å². The van der Waals surface area contributed by atoms with Gasteiger partial charge in [0.2, 0.25) is 0 Å². The third kappa shape index (κ3) is 2.10. The molecule has 0 aliphatic carbocycles. The van der Waals surface area contributed by atoms with Crippen LogP contribution in [0.5, 0.6) is 0 Å². The van der Waals surface area contributed by atoms with Crippen LogP contribution in [0.2, 0.25) is 0 Å². The van der Waals surface area contributed by atoms with E-state index < -0.39 is 0 Å². The van der Waals surface area contributed by atoms with Gasteiger partial charge in [0, 0.05) is 6.54 Å². The van der Waals surface area contributed by atoms with Crippen LogP contribution in [0.15, 0.2) is 6.20 Å². The van der Waals surface area contributed by atoms with Gasteiger partial charge in [-0.25, -0.2) is 4.68 Å². The van der Waals surface area contributed by atoms with Crippen molar-refractivity contribution in [2.75, 3.05) is 19.6 Å². The molecule has 1 N–H and O–H groups in total. The summed E-state index contributed by atoms with van der Waals surface area (Å²) in [4.78, 5) is 2.42. The number of hydrogen-bond acceptors (Lipinski definition) is 4. The molecule has 5 nitrogen and oxygen atoms in total. The minimum absolute atomic E-state index is 0.0208. The van der Waals surface area contributed by atoms with Crippen LogP contribution in [0.4, 0.5) is 0 Å². The van der Waals surface area contributed by atoms with Crippen molar-refractivity contribution in [1.82, 2.24) is 19.9 Å². The summed E-state index contributed by atoms with van der Waals surface area (Å²) in [6.07, 6.45) is 4.23. The van der Waals surface area contributed by atoms with Crippen molar-refractivity contribution >= 4 is 0 Å². The average molecular weight is 196 g/mol. The normalized spacial score (nSPS) is 17.8. The van der Waals surface area contributed by atoms with Gasteiger partial charge in [0.25, 0.3) is 0 Å². The highest BCUT2D eigenvalue weighted by molar-refractivity contribution is 4.90. The molecule has 1 aliphatic rings. The number of aliphatic hydroxyl groups is 1. The Morgan fingerprint density at radius 2 is 2.07 bits per heavy atom. The van der Waals surface area contributed by atoms with Gasteiger partial charge < -0.3 is 10.0 Å². The molecule has 2 rings (SSSR count). The standard InChI is InChI=1S/C9H16N4O/c14-8-9-7-10-11-13(9)6-5-12-3-1-2-4-12/h7,14H,1-6,8H2. The Morgan fingerprint density at radius 3 is 2.79 bits per heavy atom. The molecule has 2 heterocycles. The van der Waals surface area contributed by atoms with Crippen LogP contribution in [0.1, 0.15) is 18.5 Å². The lowest BCUT2D eigenvalue weighted by Crippen LogP contribution is -2.25. The van der Waals surface area contributed by atoms with Gasteiger partial charge >= 0.3 is 0 Å². The third-order valence-corrected chi connectivity index (χ3v) is 2.69. The summed E-state index contributed by atoms with van der Waals surface area (Å²) in [5.74, 6) is 0.